The summed E-state index contributed by atoms with van der Waals surface area (Å²) in [7, 11) is 0. The average Bonchev–Trinajstić information content (AvgIpc) is 2.54. The van der Waals surface area contributed by atoms with Crippen LogP contribution in [0.1, 0.15) is 72.6 Å². The third-order valence-electron chi connectivity index (χ3n) is 5.73. The lowest BCUT2D eigenvalue weighted by molar-refractivity contribution is 0.00155. The molecule has 0 aliphatic carbocycles. The van der Waals surface area contributed by atoms with Crippen LogP contribution in [-0.2, 0) is 0 Å². The molecule has 0 aromatic rings. The SMILES string of the molecule is CCCCCNC(=O)N1CC(C)C(N2CCCCC2)CC1(C)C. The summed E-state index contributed by atoms with van der Waals surface area (Å²) in [5.41, 5.74) is -0.0521. The Bertz CT molecular complexity index is 377. The minimum atomic E-state index is -0.0521. The lowest BCUT2D eigenvalue weighted by Crippen LogP contribution is -2.62. The summed E-state index contributed by atoms with van der Waals surface area (Å²) in [5, 5.41) is 3.13. The minimum Gasteiger partial charge on any atom is -0.338 e. The van der Waals surface area contributed by atoms with Gasteiger partial charge < -0.3 is 10.2 Å². The number of rotatable bonds is 5. The fraction of sp³-hybridized carbons (Fsp3) is 0.947. The van der Waals surface area contributed by atoms with Crippen molar-refractivity contribution in [3.63, 3.8) is 0 Å². The molecule has 0 radical (unpaired) electrons. The zero-order valence-corrected chi connectivity index (χ0v) is 15.7. The summed E-state index contributed by atoms with van der Waals surface area (Å²) >= 11 is 0. The number of unbranched alkanes of at least 4 members (excludes halogenated alkanes) is 2. The second-order valence-corrected chi connectivity index (χ2v) is 8.21. The van der Waals surface area contributed by atoms with Gasteiger partial charge in [-0.2, -0.15) is 0 Å². The largest absolute Gasteiger partial charge is 0.338 e. The topological polar surface area (TPSA) is 35.6 Å². The highest BCUT2D eigenvalue weighted by molar-refractivity contribution is 5.75. The fourth-order valence-corrected chi connectivity index (χ4v) is 4.24. The van der Waals surface area contributed by atoms with E-state index in [2.05, 4.69) is 42.8 Å². The average molecular weight is 324 g/mol. The van der Waals surface area contributed by atoms with Crippen molar-refractivity contribution in [2.75, 3.05) is 26.2 Å². The van der Waals surface area contributed by atoms with Crippen molar-refractivity contribution >= 4 is 6.03 Å². The van der Waals surface area contributed by atoms with Gasteiger partial charge in [0.25, 0.3) is 0 Å². The third-order valence-corrected chi connectivity index (χ3v) is 5.73. The molecular weight excluding hydrogens is 286 g/mol. The number of likely N-dealkylation sites (tertiary alicyclic amines) is 2. The first-order valence-electron chi connectivity index (χ1n) is 9.75. The van der Waals surface area contributed by atoms with E-state index in [1.165, 1.54) is 45.2 Å². The quantitative estimate of drug-likeness (QED) is 0.780. The molecule has 0 aromatic carbocycles. The molecule has 1 N–H and O–H groups in total. The lowest BCUT2D eigenvalue weighted by Gasteiger charge is -2.52. The second kappa shape index (κ2) is 8.36. The van der Waals surface area contributed by atoms with Crippen LogP contribution in [0, 0.1) is 5.92 Å². The number of amides is 2. The standard InChI is InChI=1S/C19H37N3O/c1-5-6-8-11-20-18(23)22-15-16(2)17(14-19(22,3)4)21-12-9-7-10-13-21/h16-17H,5-15H2,1-4H3,(H,20,23). The molecule has 0 bridgehead atoms. The van der Waals surface area contributed by atoms with Gasteiger partial charge in [-0.1, -0.05) is 33.1 Å². The van der Waals surface area contributed by atoms with Crippen LogP contribution in [-0.4, -0.2) is 53.6 Å². The molecule has 2 atom stereocenters. The van der Waals surface area contributed by atoms with Crippen molar-refractivity contribution in [3.05, 3.63) is 0 Å². The number of hydrogen-bond donors (Lipinski definition) is 1. The Morgan fingerprint density at radius 3 is 2.52 bits per heavy atom. The van der Waals surface area contributed by atoms with E-state index in [-0.39, 0.29) is 11.6 Å². The number of nitrogens with zero attached hydrogens (tertiary/aromatic N) is 2. The van der Waals surface area contributed by atoms with E-state index in [9.17, 15) is 4.79 Å². The molecule has 2 fully saturated rings. The van der Waals surface area contributed by atoms with Gasteiger partial charge in [-0.05, 0) is 58.5 Å². The van der Waals surface area contributed by atoms with Gasteiger partial charge in [0.1, 0.15) is 0 Å². The van der Waals surface area contributed by atoms with E-state index in [1.807, 2.05) is 0 Å². The molecule has 4 nitrogen and oxygen atoms in total. The highest BCUT2D eigenvalue weighted by Crippen LogP contribution is 2.34. The summed E-state index contributed by atoms with van der Waals surface area (Å²) in [6.07, 6.45) is 8.62. The molecule has 2 unspecified atom stereocenters. The Kier molecular flexibility index (Phi) is 6.75. The van der Waals surface area contributed by atoms with Crippen LogP contribution < -0.4 is 5.32 Å². The molecule has 2 aliphatic heterocycles. The van der Waals surface area contributed by atoms with Gasteiger partial charge in [-0.15, -0.1) is 0 Å². The van der Waals surface area contributed by atoms with Gasteiger partial charge in [0.2, 0.25) is 0 Å². The summed E-state index contributed by atoms with van der Waals surface area (Å²) < 4.78 is 0. The Morgan fingerprint density at radius 1 is 1.17 bits per heavy atom. The number of urea groups is 1. The third kappa shape index (κ3) is 4.85. The van der Waals surface area contributed by atoms with E-state index in [1.54, 1.807) is 0 Å². The maximum absolute atomic E-state index is 12.6. The Hall–Kier alpha value is -0.770. The zero-order valence-electron chi connectivity index (χ0n) is 15.7. The minimum absolute atomic E-state index is 0.0521. The van der Waals surface area contributed by atoms with Crippen molar-refractivity contribution in [1.82, 2.24) is 15.1 Å². The van der Waals surface area contributed by atoms with Crippen LogP contribution in [0.5, 0.6) is 0 Å². The smallest absolute Gasteiger partial charge is 0.317 e. The second-order valence-electron chi connectivity index (χ2n) is 8.21. The first kappa shape index (κ1) is 18.6. The van der Waals surface area contributed by atoms with E-state index in [0.29, 0.717) is 12.0 Å². The van der Waals surface area contributed by atoms with Crippen molar-refractivity contribution in [2.24, 2.45) is 5.92 Å². The maximum Gasteiger partial charge on any atom is 0.317 e. The predicted molar refractivity (Wildman–Crippen MR) is 96.7 cm³/mol. The van der Waals surface area contributed by atoms with Crippen LogP contribution in [0.3, 0.4) is 0 Å². The fourth-order valence-electron chi connectivity index (χ4n) is 4.24. The van der Waals surface area contributed by atoms with E-state index in [0.717, 1.165) is 25.9 Å². The zero-order chi connectivity index (χ0) is 16.9. The molecule has 2 aliphatic rings. The number of carbonyl (C=O) groups excluding carboxylic acids is 1. The summed E-state index contributed by atoms with van der Waals surface area (Å²) in [6.45, 7) is 13.2. The Morgan fingerprint density at radius 2 is 1.87 bits per heavy atom. The van der Waals surface area contributed by atoms with Gasteiger partial charge >= 0.3 is 6.03 Å². The summed E-state index contributed by atoms with van der Waals surface area (Å²) in [4.78, 5) is 17.4. The molecule has 2 heterocycles. The molecule has 0 saturated carbocycles. The first-order valence-corrected chi connectivity index (χ1v) is 9.75. The number of carbonyl (C=O) groups is 1. The Balaban J connectivity index is 1.92. The van der Waals surface area contributed by atoms with E-state index >= 15 is 0 Å². The molecule has 134 valence electrons. The normalized spacial score (nSPS) is 28.6. The number of hydrogen-bond acceptors (Lipinski definition) is 2. The van der Waals surface area contributed by atoms with Gasteiger partial charge in [0.15, 0.2) is 0 Å². The van der Waals surface area contributed by atoms with Crippen molar-refractivity contribution in [1.29, 1.82) is 0 Å². The van der Waals surface area contributed by atoms with E-state index < -0.39 is 0 Å². The first-order chi connectivity index (χ1) is 11.0. The van der Waals surface area contributed by atoms with Gasteiger partial charge in [0, 0.05) is 24.7 Å². The van der Waals surface area contributed by atoms with Gasteiger partial charge in [0.05, 0.1) is 0 Å². The van der Waals surface area contributed by atoms with Crippen LogP contribution in [0.4, 0.5) is 4.79 Å². The van der Waals surface area contributed by atoms with Crippen LogP contribution in [0.2, 0.25) is 0 Å². The Labute approximate surface area is 143 Å². The van der Waals surface area contributed by atoms with Crippen molar-refractivity contribution in [3.8, 4) is 0 Å². The summed E-state index contributed by atoms with van der Waals surface area (Å²) in [6, 6.07) is 0.768. The highest BCUT2D eigenvalue weighted by atomic mass is 16.2. The molecule has 2 rings (SSSR count). The van der Waals surface area contributed by atoms with E-state index in [4.69, 9.17) is 0 Å². The monoisotopic (exact) mass is 323 g/mol. The van der Waals surface area contributed by atoms with Crippen LogP contribution >= 0.6 is 0 Å². The molecule has 2 amide bonds. The number of nitrogens with one attached hydrogen (secondary N) is 1. The molecular formula is C19H37N3O. The molecule has 2 saturated heterocycles. The van der Waals surface area contributed by atoms with Crippen molar-refractivity contribution in [2.45, 2.75) is 84.2 Å². The number of piperidine rings is 2. The molecule has 4 heteroatoms. The molecule has 23 heavy (non-hydrogen) atoms. The van der Waals surface area contributed by atoms with Crippen LogP contribution in [0.15, 0.2) is 0 Å². The van der Waals surface area contributed by atoms with Crippen LogP contribution in [0.25, 0.3) is 0 Å². The van der Waals surface area contributed by atoms with Gasteiger partial charge in [-0.3, -0.25) is 4.90 Å². The highest BCUT2D eigenvalue weighted by Gasteiger charge is 2.43. The maximum atomic E-state index is 12.6. The lowest BCUT2D eigenvalue weighted by atomic mass is 9.80. The predicted octanol–water partition coefficient (Wildman–Crippen LogP) is 3.86. The molecule has 0 spiro atoms. The molecule has 0 aromatic heterocycles. The van der Waals surface area contributed by atoms with Crippen molar-refractivity contribution < 1.29 is 4.79 Å². The summed E-state index contributed by atoms with van der Waals surface area (Å²) in [5.74, 6) is 0.558. The van der Waals surface area contributed by atoms with Gasteiger partial charge in [-0.25, -0.2) is 4.79 Å².